The van der Waals surface area contributed by atoms with Crippen LogP contribution in [0.15, 0.2) is 60.1 Å². The zero-order valence-corrected chi connectivity index (χ0v) is 28.8. The smallest absolute Gasteiger partial charge is 0.231 e. The van der Waals surface area contributed by atoms with Crippen LogP contribution in [-0.4, -0.2) is 95.7 Å². The van der Waals surface area contributed by atoms with E-state index in [1.165, 1.54) is 25.8 Å². The Hall–Kier alpha value is -4.80. The number of hydrogen-bond donors (Lipinski definition) is 4. The number of ether oxygens (including phenoxy) is 1. The van der Waals surface area contributed by atoms with Gasteiger partial charge in [-0.3, -0.25) is 19.9 Å². The van der Waals surface area contributed by atoms with Gasteiger partial charge in [0, 0.05) is 97.6 Å². The Bertz CT molecular complexity index is 2010. The molecule has 0 amide bonds. The third-order valence-corrected chi connectivity index (χ3v) is 10.6. The van der Waals surface area contributed by atoms with Crippen molar-refractivity contribution in [1.82, 2.24) is 29.8 Å². The van der Waals surface area contributed by atoms with Crippen LogP contribution in [0.3, 0.4) is 0 Å². The largest absolute Gasteiger partial charge is 0.494 e. The van der Waals surface area contributed by atoms with E-state index < -0.39 is 7.92 Å². The number of H-pyrrole nitrogens is 1. The van der Waals surface area contributed by atoms with E-state index in [0.29, 0.717) is 29.2 Å². The number of nitrogens with one attached hydrogen (secondary N) is 3. The van der Waals surface area contributed by atoms with Crippen LogP contribution in [-0.2, 0) is 0 Å². The molecule has 0 saturated carbocycles. The summed E-state index contributed by atoms with van der Waals surface area (Å²) in [6.07, 6.45) is 12.5. The van der Waals surface area contributed by atoms with Crippen LogP contribution < -0.4 is 31.3 Å². The van der Waals surface area contributed by atoms with Gasteiger partial charge in [0.1, 0.15) is 17.2 Å². The molecule has 0 spiro atoms. The summed E-state index contributed by atoms with van der Waals surface area (Å²) in [7, 11) is 2.94. The molecular formula is C35H42N11OP. The van der Waals surface area contributed by atoms with Gasteiger partial charge < -0.3 is 31.0 Å². The molecule has 0 aliphatic carbocycles. The molecule has 2 saturated heterocycles. The lowest BCUT2D eigenvalue weighted by Gasteiger charge is -2.45. The van der Waals surface area contributed by atoms with E-state index in [2.05, 4.69) is 71.9 Å². The van der Waals surface area contributed by atoms with Crippen LogP contribution in [0.4, 0.5) is 28.8 Å². The van der Waals surface area contributed by atoms with E-state index in [1.54, 1.807) is 39.0 Å². The number of nitrogens with zero attached hydrogens (tertiary/aromatic N) is 7. The minimum atomic E-state index is -0.508. The minimum absolute atomic E-state index is 0.417. The number of piperazine rings is 1. The Morgan fingerprint density at radius 2 is 1.94 bits per heavy atom. The Labute approximate surface area is 281 Å². The van der Waals surface area contributed by atoms with Gasteiger partial charge in [0.05, 0.1) is 29.2 Å². The number of rotatable bonds is 9. The van der Waals surface area contributed by atoms with E-state index in [-0.39, 0.29) is 0 Å². The predicted molar refractivity (Wildman–Crippen MR) is 199 cm³/mol. The summed E-state index contributed by atoms with van der Waals surface area (Å²) in [5, 5.41) is 9.10. The molecule has 1 atom stereocenters. The van der Waals surface area contributed by atoms with Gasteiger partial charge in [0.2, 0.25) is 5.95 Å². The number of aliphatic imine (C=N–C) groups is 1. The standard InChI is InChI=1S/C35H42N11OP/c1-37-20-22(19-36)25-17-28(30(47-2)18-29(25)46-16-15-45-14-6-5-7-23(45)21-46)42-35-43-33-24(10-11-40-33)34(44-35)41-27-9-8-26-31(32(27)48(3)4)39-13-12-38-26/h8-13,17-20,23H,5-7,14-16,21,36H2,1-4H3,(H3,40,41,42,43,44). The van der Waals surface area contributed by atoms with Crippen molar-refractivity contribution in [2.45, 2.75) is 25.3 Å². The average Bonchev–Trinajstić information content (AvgIpc) is 3.59. The third kappa shape index (κ3) is 6.13. The van der Waals surface area contributed by atoms with E-state index >= 15 is 0 Å². The van der Waals surface area contributed by atoms with Crippen molar-refractivity contribution < 1.29 is 4.74 Å². The van der Waals surface area contributed by atoms with Crippen molar-refractivity contribution in [2.75, 3.05) is 69.2 Å². The highest BCUT2D eigenvalue weighted by Gasteiger charge is 2.31. The van der Waals surface area contributed by atoms with Gasteiger partial charge in [-0.15, -0.1) is 0 Å². The molecule has 5 heterocycles. The average molecular weight is 664 g/mol. The molecule has 1 unspecified atom stereocenters. The fraction of sp³-hybridized carbons (Fsp3) is 0.343. The maximum absolute atomic E-state index is 6.20. The summed E-state index contributed by atoms with van der Waals surface area (Å²) >= 11 is 0. The van der Waals surface area contributed by atoms with E-state index in [9.17, 15) is 0 Å². The Morgan fingerprint density at radius 3 is 2.75 bits per heavy atom. The number of aromatic amines is 1. The van der Waals surface area contributed by atoms with Gasteiger partial charge in [0.15, 0.2) is 0 Å². The molecule has 7 rings (SSSR count). The third-order valence-electron chi connectivity index (χ3n) is 9.23. The molecular weight excluding hydrogens is 621 g/mol. The second-order valence-corrected chi connectivity index (χ2v) is 14.6. The Morgan fingerprint density at radius 1 is 1.06 bits per heavy atom. The summed E-state index contributed by atoms with van der Waals surface area (Å²) in [5.74, 6) is 1.78. The molecule has 13 heteroatoms. The number of allylic oxidation sites excluding steroid dienone is 1. The summed E-state index contributed by atoms with van der Waals surface area (Å²) < 4.78 is 5.99. The zero-order valence-electron chi connectivity index (χ0n) is 27.9. The van der Waals surface area contributed by atoms with Gasteiger partial charge >= 0.3 is 0 Å². The summed E-state index contributed by atoms with van der Waals surface area (Å²) in [6.45, 7) is 8.56. The molecule has 48 heavy (non-hydrogen) atoms. The van der Waals surface area contributed by atoms with Gasteiger partial charge in [-0.25, -0.2) is 0 Å². The first-order chi connectivity index (χ1) is 23.5. The van der Waals surface area contributed by atoms with Gasteiger partial charge in [-0.1, -0.05) is 14.3 Å². The minimum Gasteiger partial charge on any atom is -0.494 e. The molecule has 12 nitrogen and oxygen atoms in total. The van der Waals surface area contributed by atoms with Crippen LogP contribution in [0.25, 0.3) is 27.6 Å². The molecule has 0 bridgehead atoms. The number of aromatic nitrogens is 5. The van der Waals surface area contributed by atoms with Crippen LogP contribution in [0.2, 0.25) is 0 Å². The highest BCUT2D eigenvalue weighted by molar-refractivity contribution is 7.65. The maximum atomic E-state index is 6.20. The van der Waals surface area contributed by atoms with Crippen molar-refractivity contribution in [3.8, 4) is 5.75 Å². The van der Waals surface area contributed by atoms with Crippen molar-refractivity contribution in [2.24, 2.45) is 10.7 Å². The highest BCUT2D eigenvalue weighted by atomic mass is 31.1. The van der Waals surface area contributed by atoms with Crippen LogP contribution in [0, 0.1) is 0 Å². The van der Waals surface area contributed by atoms with Crippen molar-refractivity contribution in [1.29, 1.82) is 0 Å². The number of nitrogens with two attached hydrogens (primary N) is 1. The molecule has 2 aliphatic rings. The number of fused-ring (bicyclic) bond motifs is 3. The van der Waals surface area contributed by atoms with Gasteiger partial charge in [-0.05, 0) is 57.0 Å². The van der Waals surface area contributed by atoms with Gasteiger partial charge in [-0.2, -0.15) is 9.97 Å². The fourth-order valence-electron chi connectivity index (χ4n) is 6.96. The molecule has 2 aliphatic heterocycles. The van der Waals surface area contributed by atoms with E-state index in [1.807, 2.05) is 18.3 Å². The monoisotopic (exact) mass is 663 g/mol. The molecule has 5 aromatic rings. The van der Waals surface area contributed by atoms with Crippen molar-refractivity contribution in [3.63, 3.8) is 0 Å². The number of piperidine rings is 1. The zero-order chi connectivity index (χ0) is 33.2. The summed E-state index contributed by atoms with van der Waals surface area (Å²) in [5.41, 5.74) is 13.2. The second-order valence-electron chi connectivity index (χ2n) is 12.4. The predicted octanol–water partition coefficient (Wildman–Crippen LogP) is 5.44. The lowest BCUT2D eigenvalue weighted by molar-refractivity contribution is 0.133. The van der Waals surface area contributed by atoms with Crippen LogP contribution in [0.1, 0.15) is 24.8 Å². The normalized spacial score (nSPS) is 17.4. The topological polar surface area (TPSA) is 146 Å². The Balaban J connectivity index is 1.27. The fourth-order valence-corrected chi connectivity index (χ4v) is 8.17. The lowest BCUT2D eigenvalue weighted by Crippen LogP contribution is -2.55. The number of benzene rings is 2. The molecule has 5 N–H and O–H groups in total. The first-order valence-electron chi connectivity index (χ1n) is 16.3. The maximum Gasteiger partial charge on any atom is 0.231 e. The number of anilines is 5. The lowest BCUT2D eigenvalue weighted by atomic mass is 9.97. The molecule has 2 fully saturated rings. The first kappa shape index (κ1) is 31.8. The van der Waals surface area contributed by atoms with Crippen LogP contribution in [0.5, 0.6) is 5.75 Å². The van der Waals surface area contributed by atoms with E-state index in [4.69, 9.17) is 20.4 Å². The molecule has 248 valence electrons. The Kier molecular flexibility index (Phi) is 9.10. The molecule has 2 aromatic carbocycles. The molecule has 0 radical (unpaired) electrons. The van der Waals surface area contributed by atoms with Gasteiger partial charge in [0.25, 0.3) is 0 Å². The van der Waals surface area contributed by atoms with Crippen LogP contribution >= 0.6 is 7.92 Å². The number of hydrogen-bond acceptors (Lipinski definition) is 11. The number of methoxy groups -OCH3 is 1. The van der Waals surface area contributed by atoms with Crippen molar-refractivity contribution >= 4 is 75.9 Å². The van der Waals surface area contributed by atoms with Crippen molar-refractivity contribution in [3.05, 3.63) is 60.7 Å². The quantitative estimate of drug-likeness (QED) is 0.119. The SMILES string of the molecule is CN=CC(=CN)c1cc(Nc2nc(Nc3ccc4nccnc4c3P(C)C)c3cc[nH]c3n2)c(OC)cc1N1CCN2CCCCC2C1. The highest BCUT2D eigenvalue weighted by Crippen LogP contribution is 2.40. The van der Waals surface area contributed by atoms with E-state index in [0.717, 1.165) is 69.6 Å². The second kappa shape index (κ2) is 13.7. The summed E-state index contributed by atoms with van der Waals surface area (Å²) in [4.78, 5) is 31.7. The molecule has 3 aromatic heterocycles. The summed E-state index contributed by atoms with van der Waals surface area (Å²) in [6, 6.07) is 10.7. The first-order valence-corrected chi connectivity index (χ1v) is 18.6.